The molecule has 2 aromatic rings. The Kier molecular flexibility index (Phi) is 5.78. The quantitative estimate of drug-likeness (QED) is 0.773. The summed E-state index contributed by atoms with van der Waals surface area (Å²) >= 11 is 0. The molecule has 124 valence electrons. The lowest BCUT2D eigenvalue weighted by Gasteiger charge is -2.13. The highest BCUT2D eigenvalue weighted by atomic mass is 19.1. The summed E-state index contributed by atoms with van der Waals surface area (Å²) in [6.45, 7) is 2.27. The third-order valence-electron chi connectivity index (χ3n) is 3.37. The van der Waals surface area contributed by atoms with Gasteiger partial charge in [-0.2, -0.15) is 0 Å². The lowest BCUT2D eigenvalue weighted by atomic mass is 10.2. The zero-order valence-electron chi connectivity index (χ0n) is 13.2. The summed E-state index contributed by atoms with van der Waals surface area (Å²) in [5.74, 6) is -0.685. The van der Waals surface area contributed by atoms with Gasteiger partial charge in [-0.25, -0.2) is 9.07 Å². The van der Waals surface area contributed by atoms with Crippen LogP contribution in [0.25, 0.3) is 0 Å². The molecule has 0 aliphatic rings. The van der Waals surface area contributed by atoms with Gasteiger partial charge >= 0.3 is 0 Å². The van der Waals surface area contributed by atoms with Gasteiger partial charge in [0.1, 0.15) is 5.82 Å². The average Bonchev–Trinajstić information content (AvgIpc) is 2.89. The number of amides is 1. The van der Waals surface area contributed by atoms with E-state index in [-0.39, 0.29) is 24.0 Å². The molecular weight excluding hydrogens is 303 g/mol. The van der Waals surface area contributed by atoms with Gasteiger partial charge in [0.05, 0.1) is 18.8 Å². The third-order valence-corrected chi connectivity index (χ3v) is 3.37. The summed E-state index contributed by atoms with van der Waals surface area (Å²) < 4.78 is 24.8. The number of nitrogens with one attached hydrogen (secondary N) is 1. The first-order chi connectivity index (χ1) is 11.0. The molecule has 0 saturated heterocycles. The molecule has 0 unspecified atom stereocenters. The van der Waals surface area contributed by atoms with Crippen molar-refractivity contribution in [1.82, 2.24) is 20.3 Å². The van der Waals surface area contributed by atoms with Crippen LogP contribution in [0.15, 0.2) is 24.3 Å². The minimum Gasteiger partial charge on any atom is -0.354 e. The minimum absolute atomic E-state index is 0.196. The van der Waals surface area contributed by atoms with Crippen molar-refractivity contribution in [2.45, 2.75) is 19.8 Å². The van der Waals surface area contributed by atoms with Crippen molar-refractivity contribution in [3.63, 3.8) is 0 Å². The Morgan fingerprint density at radius 3 is 2.78 bits per heavy atom. The summed E-state index contributed by atoms with van der Waals surface area (Å²) in [5, 5.41) is 10.5. The summed E-state index contributed by atoms with van der Waals surface area (Å²) in [4.78, 5) is 12.1. The van der Waals surface area contributed by atoms with E-state index in [4.69, 9.17) is 9.47 Å². The number of ether oxygens (including phenoxy) is 2. The van der Waals surface area contributed by atoms with Crippen LogP contribution in [0.1, 0.15) is 21.7 Å². The Morgan fingerprint density at radius 2 is 2.13 bits per heavy atom. The molecule has 8 heteroatoms. The zero-order chi connectivity index (χ0) is 16.8. The summed E-state index contributed by atoms with van der Waals surface area (Å²) in [6, 6.07) is 6.20. The predicted octanol–water partition coefficient (Wildman–Crippen LogP) is 1.12. The topological polar surface area (TPSA) is 78.3 Å². The van der Waals surface area contributed by atoms with Crippen molar-refractivity contribution in [2.75, 3.05) is 20.8 Å². The second-order valence-electron chi connectivity index (χ2n) is 4.92. The number of carbonyl (C=O) groups excluding carboxylic acids is 1. The fourth-order valence-electron chi connectivity index (χ4n) is 2.05. The molecule has 1 aromatic carbocycles. The van der Waals surface area contributed by atoms with E-state index in [1.165, 1.54) is 26.4 Å². The van der Waals surface area contributed by atoms with Crippen LogP contribution in [-0.4, -0.2) is 48.0 Å². The largest absolute Gasteiger partial charge is 0.354 e. The lowest BCUT2D eigenvalue weighted by Crippen LogP contribution is -2.34. The van der Waals surface area contributed by atoms with Crippen molar-refractivity contribution in [3.05, 3.63) is 47.0 Å². The van der Waals surface area contributed by atoms with Gasteiger partial charge in [0.2, 0.25) is 0 Å². The first kappa shape index (κ1) is 17.0. The second-order valence-corrected chi connectivity index (χ2v) is 4.92. The molecule has 0 bridgehead atoms. The highest BCUT2D eigenvalue weighted by Gasteiger charge is 2.17. The van der Waals surface area contributed by atoms with Crippen LogP contribution in [0.3, 0.4) is 0 Å². The summed E-state index contributed by atoms with van der Waals surface area (Å²) in [6.07, 6.45) is -0.526. The van der Waals surface area contributed by atoms with Crippen LogP contribution in [0.5, 0.6) is 0 Å². The molecule has 0 aliphatic heterocycles. The monoisotopic (exact) mass is 322 g/mol. The molecule has 0 atom stereocenters. The number of aromatic nitrogens is 3. The van der Waals surface area contributed by atoms with Gasteiger partial charge in [0.25, 0.3) is 5.91 Å². The van der Waals surface area contributed by atoms with E-state index < -0.39 is 6.29 Å². The molecule has 1 amide bonds. The molecule has 0 radical (unpaired) electrons. The van der Waals surface area contributed by atoms with Crippen molar-refractivity contribution in [2.24, 2.45) is 0 Å². The Balaban J connectivity index is 2.05. The standard InChI is InChI=1S/C15H19FN4O3/c1-10-14(15(21)17-8-13(22-2)23-3)18-19-20(10)9-11-5-4-6-12(16)7-11/h4-7,13H,8-9H2,1-3H3,(H,17,21). The van der Waals surface area contributed by atoms with Crippen LogP contribution in [-0.2, 0) is 16.0 Å². The highest BCUT2D eigenvalue weighted by molar-refractivity contribution is 5.93. The molecule has 0 aliphatic carbocycles. The van der Waals surface area contributed by atoms with Crippen LogP contribution < -0.4 is 5.32 Å². The van der Waals surface area contributed by atoms with Gasteiger partial charge in [-0.05, 0) is 24.6 Å². The Labute approximate surface area is 133 Å². The molecule has 23 heavy (non-hydrogen) atoms. The van der Waals surface area contributed by atoms with E-state index in [0.29, 0.717) is 12.2 Å². The van der Waals surface area contributed by atoms with Gasteiger partial charge < -0.3 is 14.8 Å². The summed E-state index contributed by atoms with van der Waals surface area (Å²) in [7, 11) is 2.97. The predicted molar refractivity (Wildman–Crippen MR) is 80.4 cm³/mol. The van der Waals surface area contributed by atoms with Crippen LogP contribution in [0, 0.1) is 12.7 Å². The molecule has 7 nitrogen and oxygen atoms in total. The Morgan fingerprint density at radius 1 is 1.39 bits per heavy atom. The minimum atomic E-state index is -0.526. The van der Waals surface area contributed by atoms with E-state index in [1.54, 1.807) is 23.7 Å². The number of hydrogen-bond donors (Lipinski definition) is 1. The number of hydrogen-bond acceptors (Lipinski definition) is 5. The third kappa shape index (κ3) is 4.33. The fraction of sp³-hybridized carbons (Fsp3) is 0.400. The average molecular weight is 322 g/mol. The number of nitrogens with zero attached hydrogens (tertiary/aromatic N) is 3. The second kappa shape index (κ2) is 7.80. The smallest absolute Gasteiger partial charge is 0.273 e. The van der Waals surface area contributed by atoms with Gasteiger partial charge in [0, 0.05) is 14.2 Å². The number of methoxy groups -OCH3 is 2. The Hall–Kier alpha value is -2.32. The molecule has 2 rings (SSSR count). The van der Waals surface area contributed by atoms with Crippen molar-refractivity contribution in [1.29, 1.82) is 0 Å². The van der Waals surface area contributed by atoms with Gasteiger partial charge in [-0.3, -0.25) is 4.79 Å². The number of benzene rings is 1. The normalized spacial score (nSPS) is 11.0. The van der Waals surface area contributed by atoms with Crippen LogP contribution in [0.2, 0.25) is 0 Å². The van der Waals surface area contributed by atoms with E-state index in [1.807, 2.05) is 0 Å². The SMILES string of the molecule is COC(CNC(=O)c1nnn(Cc2cccc(F)c2)c1C)OC. The van der Waals surface area contributed by atoms with E-state index >= 15 is 0 Å². The zero-order valence-corrected chi connectivity index (χ0v) is 13.2. The molecule has 0 fully saturated rings. The van der Waals surface area contributed by atoms with E-state index in [0.717, 1.165) is 5.56 Å². The van der Waals surface area contributed by atoms with E-state index in [9.17, 15) is 9.18 Å². The van der Waals surface area contributed by atoms with E-state index in [2.05, 4.69) is 15.6 Å². The number of carbonyl (C=O) groups is 1. The summed E-state index contributed by atoms with van der Waals surface area (Å²) in [5.41, 5.74) is 1.55. The molecule has 1 heterocycles. The van der Waals surface area contributed by atoms with Crippen molar-refractivity contribution in [3.8, 4) is 0 Å². The molecule has 1 N–H and O–H groups in total. The first-order valence-corrected chi connectivity index (χ1v) is 7.03. The maximum atomic E-state index is 13.2. The van der Waals surface area contributed by atoms with Crippen LogP contribution >= 0.6 is 0 Å². The molecule has 0 saturated carbocycles. The lowest BCUT2D eigenvalue weighted by molar-refractivity contribution is -0.0974. The fourth-order valence-corrected chi connectivity index (χ4v) is 2.05. The Bertz CT molecular complexity index is 670. The van der Waals surface area contributed by atoms with Gasteiger partial charge in [0.15, 0.2) is 12.0 Å². The molecule has 0 spiro atoms. The van der Waals surface area contributed by atoms with Gasteiger partial charge in [-0.15, -0.1) is 5.10 Å². The van der Waals surface area contributed by atoms with Crippen molar-refractivity contribution < 1.29 is 18.7 Å². The molecule has 1 aromatic heterocycles. The number of rotatable bonds is 7. The maximum Gasteiger partial charge on any atom is 0.273 e. The van der Waals surface area contributed by atoms with Crippen molar-refractivity contribution >= 4 is 5.91 Å². The molecular formula is C15H19FN4O3. The number of halogens is 1. The highest BCUT2D eigenvalue weighted by Crippen LogP contribution is 2.09. The van der Waals surface area contributed by atoms with Gasteiger partial charge in [-0.1, -0.05) is 17.3 Å². The first-order valence-electron chi connectivity index (χ1n) is 7.03. The maximum absolute atomic E-state index is 13.2. The van der Waals surface area contributed by atoms with Crippen LogP contribution in [0.4, 0.5) is 4.39 Å².